The van der Waals surface area contributed by atoms with Crippen LogP contribution in [0.4, 0.5) is 23.2 Å². The van der Waals surface area contributed by atoms with Crippen molar-refractivity contribution in [2.24, 2.45) is 5.92 Å². The quantitative estimate of drug-likeness (QED) is 0.337. The lowest BCUT2D eigenvalue weighted by Crippen LogP contribution is -2.58. The Balaban J connectivity index is 1.26. The summed E-state index contributed by atoms with van der Waals surface area (Å²) in [6.45, 7) is 3.57. The number of fused-ring (bicyclic) bond motifs is 2. The van der Waals surface area contributed by atoms with Crippen molar-refractivity contribution in [1.29, 1.82) is 5.26 Å². The number of carbonyl (C=O) groups excluding carboxylic acids is 1. The van der Waals surface area contributed by atoms with Gasteiger partial charge in [0.1, 0.15) is 5.82 Å². The number of likely N-dealkylation sites (tertiary alicyclic amines) is 1. The van der Waals surface area contributed by atoms with Gasteiger partial charge in [-0.15, -0.1) is 0 Å². The maximum absolute atomic E-state index is 13.8. The van der Waals surface area contributed by atoms with Crippen molar-refractivity contribution in [3.8, 4) is 17.2 Å². The van der Waals surface area contributed by atoms with Gasteiger partial charge in [0.25, 0.3) is 0 Å². The van der Waals surface area contributed by atoms with Gasteiger partial charge in [-0.25, -0.2) is 4.39 Å². The molecule has 2 fully saturated rings. The number of hydrogen-bond donors (Lipinski definition) is 1. The minimum absolute atomic E-state index is 0.0206. The van der Waals surface area contributed by atoms with Gasteiger partial charge in [-0.2, -0.15) is 18.4 Å². The number of benzene rings is 3. The fourth-order valence-electron chi connectivity index (χ4n) is 6.62. The first-order chi connectivity index (χ1) is 20.1. The van der Waals surface area contributed by atoms with Crippen molar-refractivity contribution in [1.82, 2.24) is 9.80 Å². The molecule has 0 atom stereocenters. The number of anilines is 1. The summed E-state index contributed by atoms with van der Waals surface area (Å²) in [5.74, 6) is -1.02. The van der Waals surface area contributed by atoms with E-state index in [1.165, 1.54) is 24.0 Å². The second-order valence-electron chi connectivity index (χ2n) is 11.8. The molecule has 1 saturated heterocycles. The van der Waals surface area contributed by atoms with E-state index < -0.39 is 23.5 Å². The SMILES string of the molecule is N#Cc1cccc(-c2ccc3c(c2)CCN(CC(=O)Nc2ccc(F)c(C(F)(F)F)c2)C32CCN(CC3CC3)CC2)c1. The van der Waals surface area contributed by atoms with Gasteiger partial charge in [0.05, 0.1) is 23.7 Å². The lowest BCUT2D eigenvalue weighted by Gasteiger charge is -2.52. The standard InChI is InChI=1S/C33H32F4N4O/c34-30-9-7-27(18-29(30)33(35,36)37)39-31(42)21-41-13-10-26-17-25(24-3-1-2-23(16-24)19-38)6-8-28(26)32(41)11-14-40(15-12-32)20-22-4-5-22/h1-3,6-9,16-18,22H,4-5,10-15,20-21H2,(H,39,42). The molecular weight excluding hydrogens is 544 g/mol. The Bertz CT molecular complexity index is 1530. The van der Waals surface area contributed by atoms with Gasteiger partial charge < -0.3 is 10.2 Å². The van der Waals surface area contributed by atoms with Crippen LogP contribution in [0.2, 0.25) is 0 Å². The Labute approximate surface area is 242 Å². The molecule has 3 aromatic rings. The van der Waals surface area contributed by atoms with Gasteiger partial charge in [-0.05, 0) is 90.6 Å². The molecule has 5 nitrogen and oxygen atoms in total. The van der Waals surface area contributed by atoms with Crippen LogP contribution in [0.1, 0.15) is 47.9 Å². The molecular formula is C33H32F4N4O. The molecule has 1 spiro atoms. The van der Waals surface area contributed by atoms with Crippen LogP contribution < -0.4 is 5.32 Å². The lowest BCUT2D eigenvalue weighted by atomic mass is 9.73. The van der Waals surface area contributed by atoms with Gasteiger partial charge in [-0.1, -0.05) is 30.3 Å². The summed E-state index contributed by atoms with van der Waals surface area (Å²) < 4.78 is 53.5. The van der Waals surface area contributed by atoms with E-state index in [1.807, 2.05) is 18.2 Å². The Hall–Kier alpha value is -3.74. The number of nitriles is 1. The smallest absolute Gasteiger partial charge is 0.325 e. The molecule has 3 aromatic carbocycles. The van der Waals surface area contributed by atoms with E-state index in [2.05, 4.69) is 39.4 Å². The zero-order valence-corrected chi connectivity index (χ0v) is 23.2. The maximum Gasteiger partial charge on any atom is 0.419 e. The molecule has 0 aromatic heterocycles. The van der Waals surface area contributed by atoms with Crippen molar-refractivity contribution >= 4 is 11.6 Å². The number of nitrogens with one attached hydrogen (secondary N) is 1. The average molecular weight is 577 g/mol. The predicted octanol–water partition coefficient (Wildman–Crippen LogP) is 6.58. The maximum atomic E-state index is 13.8. The number of piperidine rings is 1. The van der Waals surface area contributed by atoms with Crippen LogP contribution in [0.15, 0.2) is 60.7 Å². The molecule has 0 radical (unpaired) electrons. The van der Waals surface area contributed by atoms with E-state index in [-0.39, 0.29) is 17.8 Å². The molecule has 2 aliphatic heterocycles. The highest BCUT2D eigenvalue weighted by molar-refractivity contribution is 5.92. The lowest BCUT2D eigenvalue weighted by molar-refractivity contribution is -0.140. The van der Waals surface area contributed by atoms with Crippen LogP contribution in [0.25, 0.3) is 11.1 Å². The molecule has 1 aliphatic carbocycles. The normalized spacial score (nSPS) is 18.8. The fraction of sp³-hybridized carbons (Fsp3) is 0.394. The Morgan fingerprint density at radius 1 is 1.00 bits per heavy atom. The molecule has 218 valence electrons. The number of carbonyl (C=O) groups is 1. The van der Waals surface area contributed by atoms with E-state index in [1.54, 1.807) is 6.07 Å². The van der Waals surface area contributed by atoms with Crippen LogP contribution in [-0.4, -0.2) is 48.4 Å². The van der Waals surface area contributed by atoms with E-state index in [0.29, 0.717) is 18.2 Å². The first-order valence-electron chi connectivity index (χ1n) is 14.4. The van der Waals surface area contributed by atoms with Crippen molar-refractivity contribution in [2.45, 2.75) is 43.8 Å². The highest BCUT2D eigenvalue weighted by Gasteiger charge is 2.46. The first-order valence-corrected chi connectivity index (χ1v) is 14.4. The molecule has 42 heavy (non-hydrogen) atoms. The summed E-state index contributed by atoms with van der Waals surface area (Å²) in [6, 6.07) is 18.7. The number of halogens is 4. The molecule has 6 rings (SSSR count). The summed E-state index contributed by atoms with van der Waals surface area (Å²) >= 11 is 0. The van der Waals surface area contributed by atoms with Crippen molar-refractivity contribution < 1.29 is 22.4 Å². The van der Waals surface area contributed by atoms with E-state index in [4.69, 9.17) is 0 Å². The van der Waals surface area contributed by atoms with Crippen LogP contribution in [0.3, 0.4) is 0 Å². The van der Waals surface area contributed by atoms with E-state index in [0.717, 1.165) is 68.1 Å². The topological polar surface area (TPSA) is 59.4 Å². The Kier molecular flexibility index (Phi) is 7.54. The van der Waals surface area contributed by atoms with E-state index >= 15 is 0 Å². The van der Waals surface area contributed by atoms with Gasteiger partial charge >= 0.3 is 6.18 Å². The van der Waals surface area contributed by atoms with Crippen molar-refractivity contribution in [3.63, 3.8) is 0 Å². The molecule has 1 saturated carbocycles. The highest BCUT2D eigenvalue weighted by atomic mass is 19.4. The molecule has 9 heteroatoms. The zero-order valence-electron chi connectivity index (χ0n) is 23.2. The summed E-state index contributed by atoms with van der Waals surface area (Å²) in [7, 11) is 0. The fourth-order valence-corrected chi connectivity index (χ4v) is 6.62. The third kappa shape index (κ3) is 5.79. The highest BCUT2D eigenvalue weighted by Crippen LogP contribution is 2.45. The Morgan fingerprint density at radius 3 is 2.48 bits per heavy atom. The van der Waals surface area contributed by atoms with Crippen LogP contribution >= 0.6 is 0 Å². The number of alkyl halides is 3. The second kappa shape index (κ2) is 11.2. The van der Waals surface area contributed by atoms with Crippen LogP contribution in [0.5, 0.6) is 0 Å². The largest absolute Gasteiger partial charge is 0.419 e. The summed E-state index contributed by atoms with van der Waals surface area (Å²) in [5, 5.41) is 11.9. The first kappa shape index (κ1) is 28.4. The van der Waals surface area contributed by atoms with Gasteiger partial charge in [0, 0.05) is 37.4 Å². The molecule has 0 unspecified atom stereocenters. The summed E-state index contributed by atoms with van der Waals surface area (Å²) in [6.07, 6.45) is 0.124. The average Bonchev–Trinajstić information content (AvgIpc) is 3.80. The third-order valence-electron chi connectivity index (χ3n) is 8.97. The zero-order chi connectivity index (χ0) is 29.5. The van der Waals surface area contributed by atoms with Crippen LogP contribution in [0, 0.1) is 23.1 Å². The minimum Gasteiger partial charge on any atom is -0.325 e. The van der Waals surface area contributed by atoms with Crippen molar-refractivity contribution in [3.05, 3.63) is 88.7 Å². The van der Waals surface area contributed by atoms with Gasteiger partial charge in [0.15, 0.2) is 0 Å². The van der Waals surface area contributed by atoms with Gasteiger partial charge in [0.2, 0.25) is 5.91 Å². The molecule has 0 bridgehead atoms. The van der Waals surface area contributed by atoms with Gasteiger partial charge in [-0.3, -0.25) is 9.69 Å². The molecule has 2 heterocycles. The number of rotatable bonds is 6. The Morgan fingerprint density at radius 2 is 1.76 bits per heavy atom. The number of nitrogens with zero attached hydrogens (tertiary/aromatic N) is 3. The number of amides is 1. The predicted molar refractivity (Wildman–Crippen MR) is 152 cm³/mol. The molecule has 3 aliphatic rings. The minimum atomic E-state index is -4.85. The number of hydrogen-bond acceptors (Lipinski definition) is 4. The second-order valence-corrected chi connectivity index (χ2v) is 11.8. The van der Waals surface area contributed by atoms with E-state index in [9.17, 15) is 27.6 Å². The van der Waals surface area contributed by atoms with Crippen molar-refractivity contribution in [2.75, 3.05) is 38.0 Å². The summed E-state index contributed by atoms with van der Waals surface area (Å²) in [4.78, 5) is 17.9. The molecule has 1 N–H and O–H groups in total. The monoisotopic (exact) mass is 576 g/mol. The molecule has 1 amide bonds. The van der Waals surface area contributed by atoms with Crippen LogP contribution in [-0.2, 0) is 22.9 Å². The third-order valence-corrected chi connectivity index (χ3v) is 8.97. The summed E-state index contributed by atoms with van der Waals surface area (Å²) in [5.41, 5.74) is 3.17.